The minimum atomic E-state index is 1.10. The third-order valence-electron chi connectivity index (χ3n) is 10.6. The first kappa shape index (κ1) is 30.8. The van der Waals surface area contributed by atoms with Gasteiger partial charge >= 0.3 is 0 Å². The maximum absolute atomic E-state index is 2.48. The van der Waals surface area contributed by atoms with Crippen LogP contribution in [0.4, 0.5) is 17.1 Å². The molecule has 0 aliphatic carbocycles. The van der Waals surface area contributed by atoms with Crippen LogP contribution in [0.5, 0.6) is 0 Å². The van der Waals surface area contributed by atoms with Crippen molar-refractivity contribution in [1.82, 2.24) is 0 Å². The second-order valence-electron chi connectivity index (χ2n) is 13.7. The van der Waals surface area contributed by atoms with Crippen molar-refractivity contribution in [3.8, 4) is 33.4 Å². The maximum atomic E-state index is 2.48. The lowest BCUT2D eigenvalue weighted by Gasteiger charge is -2.30. The molecule has 0 radical (unpaired) electrons. The van der Waals surface area contributed by atoms with Gasteiger partial charge < -0.3 is 4.90 Å². The number of hydrogen-bond acceptors (Lipinski definition) is 1. The van der Waals surface area contributed by atoms with Crippen LogP contribution in [0.2, 0.25) is 0 Å². The molecule has 0 amide bonds. The molecule has 10 aromatic carbocycles. The Kier molecular flexibility index (Phi) is 7.55. The fraction of sp³-hybridized carbons (Fsp3) is 0. The molecule has 0 aliphatic rings. The molecule has 0 aromatic heterocycles. The second-order valence-corrected chi connectivity index (χ2v) is 13.7. The summed E-state index contributed by atoms with van der Waals surface area (Å²) in [5.74, 6) is 0. The van der Waals surface area contributed by atoms with Gasteiger partial charge in [0.05, 0.1) is 11.4 Å². The number of para-hydroxylation sites is 1. The minimum Gasteiger partial charge on any atom is -0.309 e. The molecule has 248 valence electrons. The molecule has 1 heteroatoms. The average Bonchev–Trinajstić information content (AvgIpc) is 3.24. The third-order valence-corrected chi connectivity index (χ3v) is 10.6. The zero-order chi connectivity index (χ0) is 35.1. The van der Waals surface area contributed by atoms with Gasteiger partial charge in [-0.25, -0.2) is 0 Å². The summed E-state index contributed by atoms with van der Waals surface area (Å²) in [6, 6.07) is 77.3. The molecule has 0 atom stereocenters. The number of rotatable bonds is 6. The molecular weight excluding hydrogens is 639 g/mol. The first-order valence-electron chi connectivity index (χ1n) is 18.3. The van der Waals surface area contributed by atoms with E-state index in [-0.39, 0.29) is 0 Å². The Labute approximate surface area is 309 Å². The van der Waals surface area contributed by atoms with Gasteiger partial charge in [-0.15, -0.1) is 0 Å². The molecule has 0 aliphatic heterocycles. The second kappa shape index (κ2) is 13.0. The molecule has 0 fully saturated rings. The van der Waals surface area contributed by atoms with Crippen LogP contribution < -0.4 is 4.90 Å². The number of fused-ring (bicyclic) bond motifs is 5. The molecular formula is C52H35N. The number of hydrogen-bond donors (Lipinski definition) is 0. The number of benzene rings is 10. The molecule has 0 saturated carbocycles. The highest BCUT2D eigenvalue weighted by atomic mass is 15.1. The van der Waals surface area contributed by atoms with Gasteiger partial charge in [0, 0.05) is 16.6 Å². The van der Waals surface area contributed by atoms with Crippen LogP contribution in [0.1, 0.15) is 0 Å². The Balaban J connectivity index is 1.26. The lowest BCUT2D eigenvalue weighted by atomic mass is 9.91. The minimum absolute atomic E-state index is 1.10. The Morgan fingerprint density at radius 2 is 0.755 bits per heavy atom. The number of nitrogens with zero attached hydrogens (tertiary/aromatic N) is 1. The predicted molar refractivity (Wildman–Crippen MR) is 227 cm³/mol. The summed E-state index contributed by atoms with van der Waals surface area (Å²) in [6.45, 7) is 0. The molecule has 10 aromatic rings. The topological polar surface area (TPSA) is 3.24 Å². The van der Waals surface area contributed by atoms with Gasteiger partial charge in [-0.1, -0.05) is 182 Å². The van der Waals surface area contributed by atoms with E-state index < -0.39 is 0 Å². The highest BCUT2D eigenvalue weighted by Gasteiger charge is 2.22. The number of anilines is 3. The van der Waals surface area contributed by atoms with Gasteiger partial charge in [-0.3, -0.25) is 0 Å². The van der Waals surface area contributed by atoms with Crippen LogP contribution in [0, 0.1) is 0 Å². The molecule has 0 N–H and O–H groups in total. The van der Waals surface area contributed by atoms with Crippen molar-refractivity contribution in [3.05, 3.63) is 212 Å². The van der Waals surface area contributed by atoms with Gasteiger partial charge in [0.25, 0.3) is 0 Å². The van der Waals surface area contributed by atoms with Crippen molar-refractivity contribution < 1.29 is 0 Å². The van der Waals surface area contributed by atoms with E-state index >= 15 is 0 Å². The lowest BCUT2D eigenvalue weighted by molar-refractivity contribution is 1.30. The van der Waals surface area contributed by atoms with Crippen molar-refractivity contribution >= 4 is 60.2 Å². The molecule has 1 nitrogen and oxygen atoms in total. The summed E-state index contributed by atoms with van der Waals surface area (Å²) >= 11 is 0. The zero-order valence-corrected chi connectivity index (χ0v) is 29.2. The monoisotopic (exact) mass is 673 g/mol. The van der Waals surface area contributed by atoms with Crippen LogP contribution in [0.25, 0.3) is 76.5 Å². The highest BCUT2D eigenvalue weighted by molar-refractivity contribution is 6.15. The molecule has 0 heterocycles. The summed E-state index contributed by atoms with van der Waals surface area (Å²) < 4.78 is 0. The summed E-state index contributed by atoms with van der Waals surface area (Å²) in [7, 11) is 0. The van der Waals surface area contributed by atoms with Crippen LogP contribution in [0.15, 0.2) is 212 Å². The zero-order valence-electron chi connectivity index (χ0n) is 29.2. The van der Waals surface area contributed by atoms with Crippen LogP contribution in [-0.4, -0.2) is 0 Å². The Morgan fingerprint density at radius 3 is 1.62 bits per heavy atom. The van der Waals surface area contributed by atoms with Crippen molar-refractivity contribution in [2.45, 2.75) is 0 Å². The van der Waals surface area contributed by atoms with E-state index in [9.17, 15) is 0 Å². The van der Waals surface area contributed by atoms with Gasteiger partial charge in [-0.2, -0.15) is 0 Å². The van der Waals surface area contributed by atoms with E-state index in [0.29, 0.717) is 0 Å². The first-order chi connectivity index (χ1) is 26.3. The summed E-state index contributed by atoms with van der Waals surface area (Å²) in [4.78, 5) is 2.48. The normalized spacial score (nSPS) is 11.4. The SMILES string of the molecule is c1ccc(-c2cccc3c(N(c4cccc(-c5cccc6ccccc56)c4)c4ccccc4-c4cc5ccccc5c5ccccc45)cccc23)cc1. The van der Waals surface area contributed by atoms with Gasteiger partial charge in [0.2, 0.25) is 0 Å². The van der Waals surface area contributed by atoms with Gasteiger partial charge in [0.1, 0.15) is 0 Å². The summed E-state index contributed by atoms with van der Waals surface area (Å²) in [5, 5.41) is 9.92. The summed E-state index contributed by atoms with van der Waals surface area (Å²) in [6.07, 6.45) is 0. The van der Waals surface area contributed by atoms with Crippen LogP contribution in [0.3, 0.4) is 0 Å². The van der Waals surface area contributed by atoms with Crippen molar-refractivity contribution in [1.29, 1.82) is 0 Å². The maximum Gasteiger partial charge on any atom is 0.0540 e. The summed E-state index contributed by atoms with van der Waals surface area (Å²) in [5.41, 5.74) is 10.6. The van der Waals surface area contributed by atoms with E-state index in [0.717, 1.165) is 17.1 Å². The van der Waals surface area contributed by atoms with Crippen LogP contribution >= 0.6 is 0 Å². The van der Waals surface area contributed by atoms with Crippen molar-refractivity contribution in [2.75, 3.05) is 4.90 Å². The molecule has 0 bridgehead atoms. The Bertz CT molecular complexity index is 2950. The quantitative estimate of drug-likeness (QED) is 0.159. The average molecular weight is 674 g/mol. The third kappa shape index (κ3) is 5.34. The van der Waals surface area contributed by atoms with E-state index in [4.69, 9.17) is 0 Å². The van der Waals surface area contributed by atoms with Crippen LogP contribution in [-0.2, 0) is 0 Å². The van der Waals surface area contributed by atoms with E-state index in [1.807, 2.05) is 0 Å². The Morgan fingerprint density at radius 1 is 0.245 bits per heavy atom. The van der Waals surface area contributed by atoms with E-state index in [1.54, 1.807) is 0 Å². The fourth-order valence-corrected chi connectivity index (χ4v) is 8.23. The van der Waals surface area contributed by atoms with Crippen molar-refractivity contribution in [3.63, 3.8) is 0 Å². The Hall–Kier alpha value is -6.96. The molecule has 0 spiro atoms. The predicted octanol–water partition coefficient (Wildman–Crippen LogP) is 14.8. The smallest absolute Gasteiger partial charge is 0.0540 e. The highest BCUT2D eigenvalue weighted by Crippen LogP contribution is 2.47. The molecule has 10 rings (SSSR count). The van der Waals surface area contributed by atoms with Crippen molar-refractivity contribution in [2.24, 2.45) is 0 Å². The molecule has 0 unspecified atom stereocenters. The van der Waals surface area contributed by atoms with Gasteiger partial charge in [0.15, 0.2) is 0 Å². The largest absolute Gasteiger partial charge is 0.309 e. The van der Waals surface area contributed by atoms with E-state index in [1.165, 1.54) is 76.5 Å². The fourth-order valence-electron chi connectivity index (χ4n) is 8.23. The molecule has 53 heavy (non-hydrogen) atoms. The standard InChI is InChI=1S/C52H35N/c1-2-16-36(17-3-1)42-29-14-31-48-46(42)30-15-33-52(48)53(40-22-12-21-38(34-40)43-28-13-20-37-18-4-6-23-41(37)43)51-32-11-10-27-49(51)50-35-39-19-5-7-24-44(39)45-25-8-9-26-47(45)50/h1-35H. The van der Waals surface area contributed by atoms with E-state index in [2.05, 4.69) is 217 Å². The lowest BCUT2D eigenvalue weighted by Crippen LogP contribution is -2.12. The van der Waals surface area contributed by atoms with Gasteiger partial charge in [-0.05, 0) is 95.9 Å². The molecule has 0 saturated heterocycles. The first-order valence-corrected chi connectivity index (χ1v) is 18.3.